The molecule has 1 heterocycles. The quantitative estimate of drug-likeness (QED) is 0.858. The maximum absolute atomic E-state index is 12.0. The molecule has 1 aromatic heterocycles. The molecule has 0 aromatic carbocycles. The molecule has 0 saturated heterocycles. The Labute approximate surface area is 142 Å². The summed E-state index contributed by atoms with van der Waals surface area (Å²) in [5.74, 6) is 1.11. The highest BCUT2D eigenvalue weighted by atomic mass is 16.6. The lowest BCUT2D eigenvalue weighted by Gasteiger charge is -2.26. The first kappa shape index (κ1) is 18.0. The number of anilines is 2. The van der Waals surface area contributed by atoms with E-state index in [0.717, 1.165) is 12.8 Å². The number of hydrogen-bond donors (Lipinski definition) is 2. The van der Waals surface area contributed by atoms with Crippen molar-refractivity contribution in [1.29, 1.82) is 0 Å². The lowest BCUT2D eigenvalue weighted by Crippen LogP contribution is -2.27. The number of carbonyl (C=O) groups is 2. The molecule has 0 unspecified atom stereocenters. The normalized spacial score (nSPS) is 14.5. The molecule has 2 N–H and O–H groups in total. The van der Waals surface area contributed by atoms with E-state index in [-0.39, 0.29) is 5.91 Å². The number of nitrogens with zero attached hydrogens (tertiary/aromatic N) is 1. The predicted molar refractivity (Wildman–Crippen MR) is 91.2 cm³/mol. The Balaban J connectivity index is 2.11. The second kappa shape index (κ2) is 7.51. The molecule has 1 saturated carbocycles. The average molecular weight is 335 g/mol. The van der Waals surface area contributed by atoms with E-state index in [1.165, 1.54) is 19.5 Å². The van der Waals surface area contributed by atoms with Gasteiger partial charge in [0, 0.05) is 13.0 Å². The van der Waals surface area contributed by atoms with E-state index in [2.05, 4.69) is 15.6 Å². The van der Waals surface area contributed by atoms with Gasteiger partial charge >= 0.3 is 6.09 Å². The van der Waals surface area contributed by atoms with Crippen LogP contribution in [0.25, 0.3) is 0 Å². The molecule has 132 valence electrons. The second-order valence-corrected chi connectivity index (χ2v) is 6.98. The molecule has 0 radical (unpaired) electrons. The number of aromatic nitrogens is 1. The van der Waals surface area contributed by atoms with E-state index >= 15 is 0 Å². The van der Waals surface area contributed by atoms with Crippen LogP contribution in [0.5, 0.6) is 5.75 Å². The number of nitrogens with one attached hydrogen (secondary N) is 2. The lowest BCUT2D eigenvalue weighted by atomic mass is 9.86. The first-order valence-corrected chi connectivity index (χ1v) is 8.13. The summed E-state index contributed by atoms with van der Waals surface area (Å²) in [4.78, 5) is 27.3. The van der Waals surface area contributed by atoms with Crippen LogP contribution in [-0.4, -0.2) is 29.2 Å². The smallest absolute Gasteiger partial charge is 0.412 e. The van der Waals surface area contributed by atoms with Crippen molar-refractivity contribution in [1.82, 2.24) is 4.98 Å². The van der Waals surface area contributed by atoms with Gasteiger partial charge in [-0.15, -0.1) is 0 Å². The fourth-order valence-electron chi connectivity index (χ4n) is 2.18. The molecule has 1 aliphatic rings. The lowest BCUT2D eigenvalue weighted by molar-refractivity contribution is -0.114. The van der Waals surface area contributed by atoms with Crippen LogP contribution in [0.1, 0.15) is 47.0 Å². The fraction of sp³-hybridized carbons (Fsp3) is 0.588. The van der Waals surface area contributed by atoms with Gasteiger partial charge in [-0.25, -0.2) is 9.78 Å². The predicted octanol–water partition coefficient (Wildman–Crippen LogP) is 3.57. The average Bonchev–Trinajstić information content (AvgIpc) is 2.36. The third kappa shape index (κ3) is 5.72. The van der Waals surface area contributed by atoms with E-state index in [1.807, 2.05) is 0 Å². The monoisotopic (exact) mass is 335 g/mol. The number of amides is 2. The van der Waals surface area contributed by atoms with Crippen molar-refractivity contribution in [2.75, 3.05) is 17.2 Å². The van der Waals surface area contributed by atoms with Crippen LogP contribution in [0.4, 0.5) is 16.3 Å². The fourth-order valence-corrected chi connectivity index (χ4v) is 2.18. The summed E-state index contributed by atoms with van der Waals surface area (Å²) < 4.78 is 11.0. The molecule has 24 heavy (non-hydrogen) atoms. The highest BCUT2D eigenvalue weighted by Crippen LogP contribution is 2.31. The van der Waals surface area contributed by atoms with Crippen LogP contribution in [-0.2, 0) is 9.53 Å². The minimum absolute atomic E-state index is 0.242. The van der Waals surface area contributed by atoms with Crippen molar-refractivity contribution < 1.29 is 19.1 Å². The van der Waals surface area contributed by atoms with Gasteiger partial charge in [0.1, 0.15) is 11.4 Å². The zero-order valence-corrected chi connectivity index (χ0v) is 14.6. The van der Waals surface area contributed by atoms with Gasteiger partial charge in [-0.3, -0.25) is 10.1 Å². The number of pyridine rings is 1. The van der Waals surface area contributed by atoms with Gasteiger partial charge in [0.25, 0.3) is 0 Å². The Morgan fingerprint density at radius 2 is 2.00 bits per heavy atom. The summed E-state index contributed by atoms with van der Waals surface area (Å²) in [5.41, 5.74) is -0.188. The maximum Gasteiger partial charge on any atom is 0.412 e. The molecule has 7 nitrogen and oxygen atoms in total. The molecule has 0 atom stereocenters. The van der Waals surface area contributed by atoms with Crippen LogP contribution in [0.3, 0.4) is 0 Å². The molecule has 1 aromatic rings. The Hall–Kier alpha value is -2.31. The second-order valence-electron chi connectivity index (χ2n) is 6.98. The van der Waals surface area contributed by atoms with E-state index in [0.29, 0.717) is 29.8 Å². The molecular weight excluding hydrogens is 310 g/mol. The van der Waals surface area contributed by atoms with E-state index in [4.69, 9.17) is 9.47 Å². The summed E-state index contributed by atoms with van der Waals surface area (Å²) >= 11 is 0. The third-order valence-electron chi connectivity index (χ3n) is 3.51. The summed E-state index contributed by atoms with van der Waals surface area (Å²) in [7, 11) is 0. The minimum Gasteiger partial charge on any atom is -0.489 e. The zero-order chi connectivity index (χ0) is 17.7. The van der Waals surface area contributed by atoms with Crippen LogP contribution in [0.15, 0.2) is 12.3 Å². The van der Waals surface area contributed by atoms with Crippen molar-refractivity contribution in [2.24, 2.45) is 5.92 Å². The van der Waals surface area contributed by atoms with Gasteiger partial charge in [-0.1, -0.05) is 6.42 Å². The maximum atomic E-state index is 12.0. The molecule has 2 amide bonds. The largest absolute Gasteiger partial charge is 0.489 e. The topological polar surface area (TPSA) is 89.6 Å². The van der Waals surface area contributed by atoms with Crippen molar-refractivity contribution in [3.05, 3.63) is 12.3 Å². The summed E-state index contributed by atoms with van der Waals surface area (Å²) in [6.45, 7) is 7.34. The van der Waals surface area contributed by atoms with E-state index in [1.54, 1.807) is 26.8 Å². The van der Waals surface area contributed by atoms with Gasteiger partial charge in [0.2, 0.25) is 5.91 Å². The van der Waals surface area contributed by atoms with Crippen molar-refractivity contribution in [3.8, 4) is 5.75 Å². The van der Waals surface area contributed by atoms with Crippen LogP contribution in [0.2, 0.25) is 0 Å². The van der Waals surface area contributed by atoms with Crippen LogP contribution in [0, 0.1) is 5.92 Å². The van der Waals surface area contributed by atoms with Crippen LogP contribution < -0.4 is 15.4 Å². The molecule has 1 fully saturated rings. The number of ether oxygens (including phenoxy) is 2. The van der Waals surface area contributed by atoms with Gasteiger partial charge in [-0.2, -0.15) is 0 Å². The standard InChI is InChI=1S/C17H25N3O4/c1-11(21)19-15-8-13(20-16(22)24-17(2,3)4)14(9-18-15)23-10-12-6-5-7-12/h8-9,12H,5-7,10H2,1-4H3,(H2,18,19,20,21,22). The molecule has 0 bridgehead atoms. The van der Waals surface area contributed by atoms with Crippen molar-refractivity contribution in [3.63, 3.8) is 0 Å². The third-order valence-corrected chi connectivity index (χ3v) is 3.51. The van der Waals surface area contributed by atoms with Crippen LogP contribution >= 0.6 is 0 Å². The Bertz CT molecular complexity index is 606. The zero-order valence-electron chi connectivity index (χ0n) is 14.6. The molecule has 0 spiro atoms. The van der Waals surface area contributed by atoms with Crippen molar-refractivity contribution >= 4 is 23.5 Å². The molecular formula is C17H25N3O4. The minimum atomic E-state index is -0.607. The highest BCUT2D eigenvalue weighted by molar-refractivity contribution is 5.91. The van der Waals surface area contributed by atoms with E-state index in [9.17, 15) is 9.59 Å². The summed E-state index contributed by atoms with van der Waals surface area (Å²) in [5, 5.41) is 5.25. The first-order chi connectivity index (χ1) is 11.2. The van der Waals surface area contributed by atoms with Crippen molar-refractivity contribution in [2.45, 2.75) is 52.6 Å². The Kier molecular flexibility index (Phi) is 5.64. The first-order valence-electron chi connectivity index (χ1n) is 8.13. The SMILES string of the molecule is CC(=O)Nc1cc(NC(=O)OC(C)(C)C)c(OCC2CCC2)cn1. The summed E-state index contributed by atoms with van der Waals surface area (Å²) in [6, 6.07) is 1.56. The number of rotatable bonds is 5. The molecule has 1 aliphatic carbocycles. The summed E-state index contributed by atoms with van der Waals surface area (Å²) in [6.07, 6.45) is 4.46. The number of carbonyl (C=O) groups excluding carboxylic acids is 2. The van der Waals surface area contributed by atoms with E-state index < -0.39 is 11.7 Å². The highest BCUT2D eigenvalue weighted by Gasteiger charge is 2.21. The molecule has 2 rings (SSSR count). The van der Waals surface area contributed by atoms with Gasteiger partial charge in [0.15, 0.2) is 5.75 Å². The molecule has 7 heteroatoms. The Morgan fingerprint density at radius 1 is 1.29 bits per heavy atom. The molecule has 0 aliphatic heterocycles. The van der Waals surface area contributed by atoms with Gasteiger partial charge in [0.05, 0.1) is 18.5 Å². The van der Waals surface area contributed by atoms with Gasteiger partial charge in [-0.05, 0) is 39.5 Å². The Morgan fingerprint density at radius 3 is 2.54 bits per heavy atom. The van der Waals surface area contributed by atoms with Gasteiger partial charge < -0.3 is 14.8 Å². The number of hydrogen-bond acceptors (Lipinski definition) is 5.